The number of aliphatic carboxylic acids is 1. The minimum atomic E-state index is -0.833. The van der Waals surface area contributed by atoms with E-state index in [4.69, 9.17) is 9.90 Å². The Balaban J connectivity index is 0.000000180. The molecule has 0 aromatic heterocycles. The van der Waals surface area contributed by atoms with E-state index < -0.39 is 5.97 Å². The number of hydrogen-bond donors (Lipinski definition) is 1. The smallest absolute Gasteiger partial charge is 0.300 e. The molecule has 0 fully saturated rings. The first-order valence-electron chi connectivity index (χ1n) is 3.24. The van der Waals surface area contributed by atoms with Crippen LogP contribution in [0.15, 0.2) is 24.3 Å². The zero-order valence-electron chi connectivity index (χ0n) is 6.08. The summed E-state index contributed by atoms with van der Waals surface area (Å²) in [6, 6.07) is 0. The monoisotopic (exact) mass is 140 g/mol. The summed E-state index contributed by atoms with van der Waals surface area (Å²) in [5, 5.41) is 7.42. The summed E-state index contributed by atoms with van der Waals surface area (Å²) in [5.74, 6) is -0.833. The zero-order valence-corrected chi connectivity index (χ0v) is 6.08. The molecule has 0 atom stereocenters. The molecule has 1 N–H and O–H groups in total. The number of rotatable bonds is 0. The Morgan fingerprint density at radius 3 is 1.70 bits per heavy atom. The van der Waals surface area contributed by atoms with Gasteiger partial charge in [0.1, 0.15) is 0 Å². The molecule has 0 unspecified atom stereocenters. The van der Waals surface area contributed by atoms with Gasteiger partial charge in [-0.3, -0.25) is 4.79 Å². The lowest BCUT2D eigenvalue weighted by Gasteiger charge is -1.88. The summed E-state index contributed by atoms with van der Waals surface area (Å²) in [6.07, 6.45) is 11.0. The third-order valence-electron chi connectivity index (χ3n) is 0.883. The maximum absolute atomic E-state index is 9.00. The lowest BCUT2D eigenvalue weighted by Crippen LogP contribution is -1.78. The first-order valence-corrected chi connectivity index (χ1v) is 3.24. The molecule has 0 radical (unpaired) electrons. The molecule has 0 bridgehead atoms. The van der Waals surface area contributed by atoms with Crippen molar-refractivity contribution in [3.63, 3.8) is 0 Å². The normalized spacial score (nSPS) is 13.7. The highest BCUT2D eigenvalue weighted by Crippen LogP contribution is 1.98. The summed E-state index contributed by atoms with van der Waals surface area (Å²) >= 11 is 0. The number of allylic oxidation sites excluding steroid dienone is 4. The number of carboxylic acid groups (broad SMARTS) is 1. The molecule has 0 aliphatic heterocycles. The Morgan fingerprint density at radius 1 is 1.30 bits per heavy atom. The molecule has 0 amide bonds. The quantitative estimate of drug-likeness (QED) is 0.558. The van der Waals surface area contributed by atoms with Crippen molar-refractivity contribution in [2.75, 3.05) is 0 Å². The van der Waals surface area contributed by atoms with Crippen LogP contribution in [-0.4, -0.2) is 11.1 Å². The molecular formula is C8H12O2. The van der Waals surface area contributed by atoms with E-state index in [2.05, 4.69) is 24.3 Å². The van der Waals surface area contributed by atoms with Gasteiger partial charge >= 0.3 is 0 Å². The van der Waals surface area contributed by atoms with Crippen LogP contribution < -0.4 is 0 Å². The maximum Gasteiger partial charge on any atom is 0.300 e. The summed E-state index contributed by atoms with van der Waals surface area (Å²) in [6.45, 7) is 1.08. The lowest BCUT2D eigenvalue weighted by atomic mass is 10.2. The van der Waals surface area contributed by atoms with Crippen LogP contribution in [0.2, 0.25) is 0 Å². The zero-order chi connectivity index (χ0) is 7.82. The van der Waals surface area contributed by atoms with Gasteiger partial charge in [0.05, 0.1) is 0 Å². The molecule has 56 valence electrons. The molecule has 10 heavy (non-hydrogen) atoms. The van der Waals surface area contributed by atoms with Crippen molar-refractivity contribution in [1.82, 2.24) is 0 Å². The van der Waals surface area contributed by atoms with Crippen LogP contribution in [-0.2, 0) is 4.79 Å². The fraction of sp³-hybridized carbons (Fsp3) is 0.375. The Bertz CT molecular complexity index is 129. The summed E-state index contributed by atoms with van der Waals surface area (Å²) in [5.41, 5.74) is 0. The van der Waals surface area contributed by atoms with Crippen LogP contribution >= 0.6 is 0 Å². The highest BCUT2D eigenvalue weighted by Gasteiger charge is 1.77. The Hall–Kier alpha value is -1.05. The van der Waals surface area contributed by atoms with Gasteiger partial charge in [0, 0.05) is 6.92 Å². The third kappa shape index (κ3) is 10.0. The van der Waals surface area contributed by atoms with Gasteiger partial charge in [0.2, 0.25) is 0 Å². The molecule has 0 spiro atoms. The van der Waals surface area contributed by atoms with Crippen molar-refractivity contribution in [3.8, 4) is 0 Å². The maximum atomic E-state index is 9.00. The SMILES string of the molecule is C1=CCCC=C1.CC(=O)O. The first kappa shape index (κ1) is 8.95. The van der Waals surface area contributed by atoms with Crippen LogP contribution in [0.5, 0.6) is 0 Å². The van der Waals surface area contributed by atoms with Crippen molar-refractivity contribution in [2.45, 2.75) is 19.8 Å². The topological polar surface area (TPSA) is 37.3 Å². The summed E-state index contributed by atoms with van der Waals surface area (Å²) < 4.78 is 0. The van der Waals surface area contributed by atoms with Gasteiger partial charge in [-0.2, -0.15) is 0 Å². The minimum Gasteiger partial charge on any atom is -0.481 e. The van der Waals surface area contributed by atoms with E-state index in [9.17, 15) is 0 Å². The predicted molar refractivity (Wildman–Crippen MR) is 40.8 cm³/mol. The van der Waals surface area contributed by atoms with Crippen molar-refractivity contribution in [2.24, 2.45) is 0 Å². The van der Waals surface area contributed by atoms with Gasteiger partial charge in [0.25, 0.3) is 5.97 Å². The largest absolute Gasteiger partial charge is 0.481 e. The fourth-order valence-electron chi connectivity index (χ4n) is 0.542. The van der Waals surface area contributed by atoms with Gasteiger partial charge in [-0.05, 0) is 12.8 Å². The van der Waals surface area contributed by atoms with Crippen LogP contribution in [0, 0.1) is 0 Å². The van der Waals surface area contributed by atoms with Crippen molar-refractivity contribution >= 4 is 5.97 Å². The number of carbonyl (C=O) groups is 1. The van der Waals surface area contributed by atoms with Crippen LogP contribution in [0.3, 0.4) is 0 Å². The van der Waals surface area contributed by atoms with Crippen molar-refractivity contribution < 1.29 is 9.90 Å². The summed E-state index contributed by atoms with van der Waals surface area (Å²) in [7, 11) is 0. The molecule has 1 aliphatic rings. The van der Waals surface area contributed by atoms with Crippen LogP contribution in [0.4, 0.5) is 0 Å². The molecule has 2 nitrogen and oxygen atoms in total. The van der Waals surface area contributed by atoms with Gasteiger partial charge in [-0.1, -0.05) is 24.3 Å². The molecule has 0 heterocycles. The molecule has 2 heteroatoms. The number of hydrogen-bond acceptors (Lipinski definition) is 1. The van der Waals surface area contributed by atoms with Crippen molar-refractivity contribution in [1.29, 1.82) is 0 Å². The summed E-state index contributed by atoms with van der Waals surface area (Å²) in [4.78, 5) is 9.00. The molecule has 0 saturated carbocycles. The molecule has 1 rings (SSSR count). The highest BCUT2D eigenvalue weighted by atomic mass is 16.4. The molecule has 0 aromatic carbocycles. The standard InChI is InChI=1S/C6H8.C2H4O2/c1-2-4-6-5-3-1;1-2(3)4/h1-4H,5-6H2;1H3,(H,3,4). The second-order valence-electron chi connectivity index (χ2n) is 1.95. The van der Waals surface area contributed by atoms with Gasteiger partial charge in [-0.25, -0.2) is 0 Å². The highest BCUT2D eigenvalue weighted by molar-refractivity contribution is 5.62. The lowest BCUT2D eigenvalue weighted by molar-refractivity contribution is -0.134. The Labute approximate surface area is 60.9 Å². The predicted octanol–water partition coefficient (Wildman–Crippen LogP) is 1.98. The molecular weight excluding hydrogens is 128 g/mol. The third-order valence-corrected chi connectivity index (χ3v) is 0.883. The second-order valence-corrected chi connectivity index (χ2v) is 1.95. The van der Waals surface area contributed by atoms with E-state index in [1.807, 2.05) is 0 Å². The van der Waals surface area contributed by atoms with Crippen LogP contribution in [0.25, 0.3) is 0 Å². The van der Waals surface area contributed by atoms with E-state index >= 15 is 0 Å². The molecule has 1 aliphatic carbocycles. The van der Waals surface area contributed by atoms with E-state index in [-0.39, 0.29) is 0 Å². The molecule has 0 saturated heterocycles. The minimum absolute atomic E-state index is 0.833. The van der Waals surface area contributed by atoms with E-state index in [0.29, 0.717) is 0 Å². The fourth-order valence-corrected chi connectivity index (χ4v) is 0.542. The van der Waals surface area contributed by atoms with Gasteiger partial charge in [0.15, 0.2) is 0 Å². The Kier molecular flexibility index (Phi) is 5.44. The number of carboxylic acids is 1. The van der Waals surface area contributed by atoms with E-state index in [1.165, 1.54) is 12.8 Å². The van der Waals surface area contributed by atoms with E-state index in [1.54, 1.807) is 0 Å². The Morgan fingerprint density at radius 2 is 1.60 bits per heavy atom. The second kappa shape index (κ2) is 6.08. The average Bonchev–Trinajstić information content (AvgIpc) is 1.90. The first-order chi connectivity index (χ1) is 4.73. The van der Waals surface area contributed by atoms with E-state index in [0.717, 1.165) is 6.92 Å². The van der Waals surface area contributed by atoms with Gasteiger partial charge < -0.3 is 5.11 Å². The molecule has 0 aromatic rings. The average molecular weight is 140 g/mol. The van der Waals surface area contributed by atoms with Crippen LogP contribution in [0.1, 0.15) is 19.8 Å². The van der Waals surface area contributed by atoms with Crippen molar-refractivity contribution in [3.05, 3.63) is 24.3 Å². The van der Waals surface area contributed by atoms with Gasteiger partial charge in [-0.15, -0.1) is 0 Å².